The van der Waals surface area contributed by atoms with Gasteiger partial charge < -0.3 is 14.6 Å². The van der Waals surface area contributed by atoms with Crippen molar-refractivity contribution in [3.05, 3.63) is 29.3 Å². The fourth-order valence-electron chi connectivity index (χ4n) is 4.18. The van der Waals surface area contributed by atoms with Crippen molar-refractivity contribution in [3.63, 3.8) is 0 Å². The Kier molecular flexibility index (Phi) is 7.46. The van der Waals surface area contributed by atoms with Crippen LogP contribution in [-0.2, 0) is 29.5 Å². The van der Waals surface area contributed by atoms with Crippen LogP contribution in [0.15, 0.2) is 12.1 Å². The molecule has 1 fully saturated rings. The lowest BCUT2D eigenvalue weighted by Gasteiger charge is -2.27. The second-order valence-electron chi connectivity index (χ2n) is 8.55. The first-order valence-corrected chi connectivity index (χ1v) is 11.5. The molecular weight excluding hydrogens is 440 g/mol. The predicted octanol–water partition coefficient (Wildman–Crippen LogP) is 1.82. The maximum Gasteiger partial charge on any atom is 0.306 e. The molecule has 1 saturated carbocycles. The lowest BCUT2D eigenvalue weighted by molar-refractivity contribution is -0.143. The fraction of sp³-hybridized carbons (Fsp3) is 0.591. The maximum atomic E-state index is 11.3. The van der Waals surface area contributed by atoms with E-state index < -0.39 is 5.97 Å². The summed E-state index contributed by atoms with van der Waals surface area (Å²) >= 11 is 0. The van der Waals surface area contributed by atoms with Crippen LogP contribution in [0.3, 0.4) is 0 Å². The lowest BCUT2D eigenvalue weighted by atomic mass is 9.87. The quantitative estimate of drug-likeness (QED) is 0.436. The summed E-state index contributed by atoms with van der Waals surface area (Å²) in [6.45, 7) is 3.14. The molecule has 3 aromatic heterocycles. The van der Waals surface area contributed by atoms with Crippen LogP contribution in [0.2, 0.25) is 0 Å². The summed E-state index contributed by atoms with van der Waals surface area (Å²) in [6.07, 6.45) is 4.02. The molecule has 34 heavy (non-hydrogen) atoms. The van der Waals surface area contributed by atoms with Crippen molar-refractivity contribution >= 4 is 5.97 Å². The Labute approximate surface area is 197 Å². The Morgan fingerprint density at radius 2 is 2.09 bits per heavy atom. The van der Waals surface area contributed by atoms with Crippen molar-refractivity contribution in [1.29, 1.82) is 0 Å². The zero-order valence-corrected chi connectivity index (χ0v) is 19.7. The van der Waals surface area contributed by atoms with Crippen molar-refractivity contribution in [2.75, 3.05) is 13.7 Å². The van der Waals surface area contributed by atoms with Crippen LogP contribution < -0.4 is 4.74 Å². The average molecular weight is 471 g/mol. The number of hydrogen-bond donors (Lipinski definition) is 1. The van der Waals surface area contributed by atoms with Crippen LogP contribution in [0.5, 0.6) is 5.75 Å². The lowest BCUT2D eigenvalue weighted by Crippen LogP contribution is -2.29. The molecule has 3 heterocycles. The highest BCUT2D eigenvalue weighted by Crippen LogP contribution is 2.30. The van der Waals surface area contributed by atoms with Gasteiger partial charge in [-0.1, -0.05) is 5.21 Å². The molecule has 12 nitrogen and oxygen atoms in total. The van der Waals surface area contributed by atoms with E-state index in [1.165, 1.54) is 0 Å². The second-order valence-corrected chi connectivity index (χ2v) is 8.55. The molecule has 0 saturated heterocycles. The Morgan fingerprint density at radius 1 is 1.24 bits per heavy atom. The highest BCUT2D eigenvalue weighted by atomic mass is 16.5. The van der Waals surface area contributed by atoms with E-state index in [-0.39, 0.29) is 12.0 Å². The first-order chi connectivity index (χ1) is 16.4. The van der Waals surface area contributed by atoms with Crippen molar-refractivity contribution in [3.8, 4) is 17.1 Å². The van der Waals surface area contributed by atoms with E-state index in [9.17, 15) is 9.90 Å². The molecule has 182 valence electrons. The number of methoxy groups -OCH3 is 1. The molecule has 1 aliphatic rings. The Balaban J connectivity index is 1.47. The van der Waals surface area contributed by atoms with E-state index in [4.69, 9.17) is 14.5 Å². The SMILES string of the molecule is COCCCn1nnc(Cc2c(-c3ccc(O[C@H]4CCC[C@H](C(=O)O)C4)c(C)n3)nnn2C)n1. The molecule has 0 spiro atoms. The summed E-state index contributed by atoms with van der Waals surface area (Å²) in [6, 6.07) is 3.72. The van der Waals surface area contributed by atoms with E-state index in [2.05, 4.69) is 25.7 Å². The number of carbonyl (C=O) groups is 1. The number of tetrazole rings is 1. The molecule has 0 aromatic carbocycles. The van der Waals surface area contributed by atoms with Gasteiger partial charge in [0.2, 0.25) is 0 Å². The standard InChI is InChI=1S/C22H30N8O4/c1-14-19(34-16-7-4-6-15(12-16)22(31)32)9-8-17(23-14)21-18(29(2)27-25-21)13-20-24-28-30(26-20)10-5-11-33-3/h8-9,15-16H,4-7,10-13H2,1-3H3,(H,31,32)/t15-,16-/m0/s1. The molecule has 0 amide bonds. The van der Waals surface area contributed by atoms with Crippen LogP contribution in [0, 0.1) is 12.8 Å². The van der Waals surface area contributed by atoms with Crippen LogP contribution in [-0.4, -0.2) is 71.1 Å². The average Bonchev–Trinajstić information content (AvgIpc) is 3.42. The smallest absolute Gasteiger partial charge is 0.306 e. The molecule has 0 unspecified atom stereocenters. The number of aliphatic carboxylic acids is 1. The van der Waals surface area contributed by atoms with Gasteiger partial charge in [0.15, 0.2) is 5.82 Å². The van der Waals surface area contributed by atoms with E-state index in [0.29, 0.717) is 61.1 Å². The van der Waals surface area contributed by atoms with Crippen molar-refractivity contribution < 1.29 is 19.4 Å². The Hall–Kier alpha value is -3.41. The van der Waals surface area contributed by atoms with Gasteiger partial charge in [-0.05, 0) is 56.4 Å². The highest BCUT2D eigenvalue weighted by Gasteiger charge is 2.28. The Bertz CT molecular complexity index is 1130. The van der Waals surface area contributed by atoms with Crippen LogP contribution in [0.25, 0.3) is 11.4 Å². The van der Waals surface area contributed by atoms with Gasteiger partial charge in [-0.3, -0.25) is 9.48 Å². The first-order valence-electron chi connectivity index (χ1n) is 11.5. The van der Waals surface area contributed by atoms with Gasteiger partial charge in [-0.15, -0.1) is 15.3 Å². The minimum absolute atomic E-state index is 0.120. The highest BCUT2D eigenvalue weighted by molar-refractivity contribution is 5.70. The number of aromatic nitrogens is 8. The van der Waals surface area contributed by atoms with Gasteiger partial charge in [0.05, 0.1) is 42.1 Å². The number of ether oxygens (including phenoxy) is 2. The third kappa shape index (κ3) is 5.56. The largest absolute Gasteiger partial charge is 0.489 e. The van der Waals surface area contributed by atoms with Gasteiger partial charge in [0, 0.05) is 20.8 Å². The van der Waals surface area contributed by atoms with E-state index in [0.717, 1.165) is 25.0 Å². The molecule has 0 aliphatic heterocycles. The molecule has 0 bridgehead atoms. The van der Waals surface area contributed by atoms with E-state index in [1.807, 2.05) is 26.1 Å². The number of aryl methyl sites for hydroxylation is 3. The minimum Gasteiger partial charge on any atom is -0.489 e. The number of nitrogens with zero attached hydrogens (tertiary/aromatic N) is 8. The normalized spacial score (nSPS) is 18.2. The summed E-state index contributed by atoms with van der Waals surface area (Å²) in [7, 11) is 3.48. The van der Waals surface area contributed by atoms with E-state index >= 15 is 0 Å². The Morgan fingerprint density at radius 3 is 2.85 bits per heavy atom. The zero-order chi connectivity index (χ0) is 24.1. The maximum absolute atomic E-state index is 11.3. The predicted molar refractivity (Wildman–Crippen MR) is 120 cm³/mol. The number of carboxylic acid groups (broad SMARTS) is 1. The van der Waals surface area contributed by atoms with Gasteiger partial charge in [0.25, 0.3) is 0 Å². The zero-order valence-electron chi connectivity index (χ0n) is 19.7. The van der Waals surface area contributed by atoms with Crippen LogP contribution in [0.1, 0.15) is 49.3 Å². The summed E-state index contributed by atoms with van der Waals surface area (Å²) in [5.41, 5.74) is 2.87. The molecule has 3 aromatic rings. The third-order valence-corrected chi connectivity index (χ3v) is 6.02. The molecule has 4 rings (SSSR count). The number of pyridine rings is 1. The van der Waals surface area contributed by atoms with Crippen LogP contribution >= 0.6 is 0 Å². The number of rotatable bonds is 10. The summed E-state index contributed by atoms with van der Waals surface area (Å²) in [4.78, 5) is 17.6. The minimum atomic E-state index is -0.752. The van der Waals surface area contributed by atoms with Gasteiger partial charge in [0.1, 0.15) is 11.4 Å². The fourth-order valence-corrected chi connectivity index (χ4v) is 4.18. The van der Waals surface area contributed by atoms with E-state index in [1.54, 1.807) is 16.6 Å². The molecule has 1 aliphatic carbocycles. The van der Waals surface area contributed by atoms with Gasteiger partial charge in [-0.2, -0.15) is 4.80 Å². The van der Waals surface area contributed by atoms with Gasteiger partial charge >= 0.3 is 5.97 Å². The third-order valence-electron chi connectivity index (χ3n) is 6.02. The molecule has 0 radical (unpaired) electrons. The first kappa shape index (κ1) is 23.7. The van der Waals surface area contributed by atoms with Crippen molar-refractivity contribution in [2.24, 2.45) is 13.0 Å². The summed E-state index contributed by atoms with van der Waals surface area (Å²) in [5.74, 6) is 0.134. The second kappa shape index (κ2) is 10.7. The van der Waals surface area contributed by atoms with Crippen molar-refractivity contribution in [1.82, 2.24) is 40.2 Å². The monoisotopic (exact) mass is 470 g/mol. The number of hydrogen-bond acceptors (Lipinski definition) is 9. The summed E-state index contributed by atoms with van der Waals surface area (Å²) in [5, 5.41) is 30.5. The van der Waals surface area contributed by atoms with Gasteiger partial charge in [-0.25, -0.2) is 4.98 Å². The summed E-state index contributed by atoms with van der Waals surface area (Å²) < 4.78 is 12.9. The molecule has 12 heteroatoms. The number of carboxylic acids is 1. The van der Waals surface area contributed by atoms with Crippen LogP contribution in [0.4, 0.5) is 0 Å². The topological polar surface area (TPSA) is 143 Å². The molecule has 1 N–H and O–H groups in total. The molecular formula is C22H30N8O4. The molecule has 2 atom stereocenters. The van der Waals surface area contributed by atoms with Crippen molar-refractivity contribution in [2.45, 2.75) is 58.1 Å².